The molecule has 2 rings (SSSR count). The lowest BCUT2D eigenvalue weighted by atomic mass is 10.2. The Balaban J connectivity index is 2.32. The maximum Gasteiger partial charge on any atom is 0.154 e. The molecule has 0 amide bonds. The average molecular weight is 253 g/mol. The summed E-state index contributed by atoms with van der Waals surface area (Å²) in [6.07, 6.45) is 1.56. The molecule has 5 heteroatoms. The normalized spacial score (nSPS) is 9.74. The molecule has 1 aromatic carbocycles. The van der Waals surface area contributed by atoms with Crippen LogP contribution in [-0.4, -0.2) is 19.1 Å². The largest absolute Gasteiger partial charge is 0.395 e. The predicted molar refractivity (Wildman–Crippen MR) is 77.4 cm³/mol. The number of nitrogens with two attached hydrogens (primary N) is 1. The van der Waals surface area contributed by atoms with E-state index in [1.807, 2.05) is 49.3 Å². The molecule has 0 atom stereocenters. The molecule has 0 aliphatic heterocycles. The third-order valence-corrected chi connectivity index (χ3v) is 2.74. The van der Waals surface area contributed by atoms with Crippen molar-refractivity contribution in [3.63, 3.8) is 0 Å². The molecule has 0 unspecified atom stereocenters. The van der Waals surface area contributed by atoms with E-state index in [2.05, 4.69) is 10.3 Å². The maximum atomic E-state index is 8.93. The highest BCUT2D eigenvalue weighted by Crippen LogP contribution is 2.25. The van der Waals surface area contributed by atoms with Gasteiger partial charge >= 0.3 is 0 Å². The molecule has 0 fully saturated rings. The van der Waals surface area contributed by atoms with Gasteiger partial charge in [0, 0.05) is 31.7 Å². The van der Waals surface area contributed by atoms with Crippen LogP contribution in [0.2, 0.25) is 0 Å². The number of pyridine rings is 1. The summed E-state index contributed by atoms with van der Waals surface area (Å²) < 4.78 is 0. The van der Waals surface area contributed by atoms with Crippen molar-refractivity contribution >= 4 is 22.9 Å². The predicted octanol–water partition coefficient (Wildman–Crippen LogP) is 2.35. The minimum atomic E-state index is 0.361. The Morgan fingerprint density at radius 1 is 1.32 bits per heavy atom. The fraction of sp³-hybridized carbons (Fsp3) is 0.143. The van der Waals surface area contributed by atoms with Crippen molar-refractivity contribution in [3.8, 4) is 6.07 Å². The van der Waals surface area contributed by atoms with Gasteiger partial charge in [-0.15, -0.1) is 0 Å². The molecule has 96 valence electrons. The summed E-state index contributed by atoms with van der Waals surface area (Å²) in [6.45, 7) is 0. The summed E-state index contributed by atoms with van der Waals surface area (Å²) >= 11 is 0. The van der Waals surface area contributed by atoms with Crippen LogP contribution in [0.3, 0.4) is 0 Å². The van der Waals surface area contributed by atoms with Crippen LogP contribution < -0.4 is 16.0 Å². The van der Waals surface area contributed by atoms with E-state index >= 15 is 0 Å². The molecular weight excluding hydrogens is 238 g/mol. The van der Waals surface area contributed by atoms with Gasteiger partial charge in [0.1, 0.15) is 6.07 Å². The van der Waals surface area contributed by atoms with Gasteiger partial charge in [-0.3, -0.25) is 0 Å². The summed E-state index contributed by atoms with van der Waals surface area (Å²) in [7, 11) is 3.95. The van der Waals surface area contributed by atoms with Gasteiger partial charge in [0.2, 0.25) is 0 Å². The average Bonchev–Trinajstić information content (AvgIpc) is 2.41. The van der Waals surface area contributed by atoms with Crippen molar-refractivity contribution in [2.75, 3.05) is 30.0 Å². The van der Waals surface area contributed by atoms with E-state index in [-0.39, 0.29) is 0 Å². The summed E-state index contributed by atoms with van der Waals surface area (Å²) in [5, 5.41) is 12.1. The third-order valence-electron chi connectivity index (χ3n) is 2.74. The lowest BCUT2D eigenvalue weighted by molar-refractivity contribution is 1.13. The first-order chi connectivity index (χ1) is 9.11. The van der Waals surface area contributed by atoms with E-state index < -0.39 is 0 Å². The van der Waals surface area contributed by atoms with E-state index in [0.717, 1.165) is 11.4 Å². The summed E-state index contributed by atoms with van der Waals surface area (Å²) in [5.74, 6) is 0.495. The highest BCUT2D eigenvalue weighted by molar-refractivity contribution is 5.74. The number of hydrogen-bond acceptors (Lipinski definition) is 5. The van der Waals surface area contributed by atoms with Crippen molar-refractivity contribution in [1.82, 2.24) is 4.98 Å². The SMILES string of the molecule is CN(C)c1cccc(Nc2nccc(C#N)c2N)c1. The lowest BCUT2D eigenvalue weighted by Crippen LogP contribution is -2.08. The minimum Gasteiger partial charge on any atom is -0.395 e. The van der Waals surface area contributed by atoms with Gasteiger partial charge in [-0.1, -0.05) is 6.07 Å². The monoisotopic (exact) mass is 253 g/mol. The maximum absolute atomic E-state index is 8.93. The van der Waals surface area contributed by atoms with Crippen LogP contribution in [0.5, 0.6) is 0 Å². The van der Waals surface area contributed by atoms with E-state index in [1.165, 1.54) is 0 Å². The molecule has 0 saturated carbocycles. The van der Waals surface area contributed by atoms with Gasteiger partial charge in [-0.25, -0.2) is 4.98 Å². The van der Waals surface area contributed by atoms with Gasteiger partial charge in [0.15, 0.2) is 5.82 Å². The second-order valence-electron chi connectivity index (χ2n) is 4.30. The first kappa shape index (κ1) is 12.7. The standard InChI is InChI=1S/C14H15N5/c1-19(2)12-5-3-4-11(8-12)18-14-13(16)10(9-15)6-7-17-14/h3-8H,16H2,1-2H3,(H,17,18). The highest BCUT2D eigenvalue weighted by Gasteiger charge is 2.06. The van der Waals surface area contributed by atoms with E-state index in [9.17, 15) is 0 Å². The molecule has 0 bridgehead atoms. The van der Waals surface area contributed by atoms with Crippen molar-refractivity contribution < 1.29 is 0 Å². The van der Waals surface area contributed by atoms with Gasteiger partial charge in [0.05, 0.1) is 11.3 Å². The number of benzene rings is 1. The highest BCUT2D eigenvalue weighted by atomic mass is 15.1. The van der Waals surface area contributed by atoms with Gasteiger partial charge in [0.25, 0.3) is 0 Å². The van der Waals surface area contributed by atoms with Gasteiger partial charge in [-0.2, -0.15) is 5.26 Å². The topological polar surface area (TPSA) is 78.0 Å². The molecule has 19 heavy (non-hydrogen) atoms. The first-order valence-electron chi connectivity index (χ1n) is 5.81. The number of rotatable bonds is 3. The smallest absolute Gasteiger partial charge is 0.154 e. The number of nitriles is 1. The molecule has 2 aromatic rings. The summed E-state index contributed by atoms with van der Waals surface area (Å²) in [5.41, 5.74) is 8.61. The number of aromatic nitrogens is 1. The summed E-state index contributed by atoms with van der Waals surface area (Å²) in [4.78, 5) is 6.16. The van der Waals surface area contributed by atoms with Crippen molar-refractivity contribution in [2.24, 2.45) is 0 Å². The van der Waals surface area contributed by atoms with Crippen LogP contribution in [0.15, 0.2) is 36.5 Å². The number of anilines is 4. The molecule has 0 spiro atoms. The molecule has 0 aliphatic carbocycles. The lowest BCUT2D eigenvalue weighted by Gasteiger charge is -2.15. The Morgan fingerprint density at radius 2 is 2.11 bits per heavy atom. The zero-order chi connectivity index (χ0) is 13.8. The van der Waals surface area contributed by atoms with E-state index in [4.69, 9.17) is 11.0 Å². The Morgan fingerprint density at radius 3 is 2.79 bits per heavy atom. The van der Waals surface area contributed by atoms with E-state index in [1.54, 1.807) is 12.3 Å². The molecule has 1 heterocycles. The second-order valence-corrected chi connectivity index (χ2v) is 4.30. The van der Waals surface area contributed by atoms with Crippen molar-refractivity contribution in [3.05, 3.63) is 42.1 Å². The zero-order valence-corrected chi connectivity index (χ0v) is 10.9. The number of hydrogen-bond donors (Lipinski definition) is 2. The van der Waals surface area contributed by atoms with Crippen LogP contribution >= 0.6 is 0 Å². The van der Waals surface area contributed by atoms with Crippen LogP contribution in [-0.2, 0) is 0 Å². The number of nitrogen functional groups attached to an aromatic ring is 1. The molecule has 0 saturated heterocycles. The molecule has 5 nitrogen and oxygen atoms in total. The molecule has 0 radical (unpaired) electrons. The second kappa shape index (κ2) is 5.27. The van der Waals surface area contributed by atoms with Crippen LogP contribution in [0, 0.1) is 11.3 Å². The van der Waals surface area contributed by atoms with E-state index in [0.29, 0.717) is 17.1 Å². The number of nitrogens with zero attached hydrogens (tertiary/aromatic N) is 3. The Bertz CT molecular complexity index is 628. The van der Waals surface area contributed by atoms with Crippen molar-refractivity contribution in [1.29, 1.82) is 5.26 Å². The first-order valence-corrected chi connectivity index (χ1v) is 5.81. The Kier molecular flexibility index (Phi) is 3.53. The third kappa shape index (κ3) is 2.75. The quantitative estimate of drug-likeness (QED) is 0.877. The minimum absolute atomic E-state index is 0.361. The summed E-state index contributed by atoms with van der Waals surface area (Å²) in [6, 6.07) is 11.5. The van der Waals surface area contributed by atoms with Gasteiger partial charge < -0.3 is 16.0 Å². The number of nitrogens with one attached hydrogen (secondary N) is 1. The Hall–Kier alpha value is -2.74. The fourth-order valence-corrected chi connectivity index (χ4v) is 1.67. The fourth-order valence-electron chi connectivity index (χ4n) is 1.67. The van der Waals surface area contributed by atoms with Crippen LogP contribution in [0.25, 0.3) is 0 Å². The molecule has 3 N–H and O–H groups in total. The van der Waals surface area contributed by atoms with Crippen LogP contribution in [0.4, 0.5) is 22.9 Å². The van der Waals surface area contributed by atoms with Crippen molar-refractivity contribution in [2.45, 2.75) is 0 Å². The Labute approximate surface area is 112 Å². The van der Waals surface area contributed by atoms with Crippen LogP contribution in [0.1, 0.15) is 5.56 Å². The van der Waals surface area contributed by atoms with Gasteiger partial charge in [-0.05, 0) is 24.3 Å². The molecule has 1 aromatic heterocycles. The zero-order valence-electron chi connectivity index (χ0n) is 10.9. The molecule has 0 aliphatic rings. The molecular formula is C14H15N5.